The van der Waals surface area contributed by atoms with Crippen LogP contribution in [0.5, 0.6) is 5.75 Å². The zero-order chi connectivity index (χ0) is 15.6. The van der Waals surface area contributed by atoms with E-state index in [4.69, 9.17) is 4.74 Å². The van der Waals surface area contributed by atoms with Crippen LogP contribution < -0.4 is 4.74 Å². The van der Waals surface area contributed by atoms with Gasteiger partial charge in [0.05, 0.1) is 7.11 Å². The van der Waals surface area contributed by atoms with Gasteiger partial charge < -0.3 is 4.74 Å². The Labute approximate surface area is 148 Å². The number of ether oxygens (including phenoxy) is 1. The van der Waals surface area contributed by atoms with Crippen molar-refractivity contribution in [3.63, 3.8) is 0 Å². The van der Waals surface area contributed by atoms with Crippen LogP contribution >= 0.6 is 0 Å². The van der Waals surface area contributed by atoms with Gasteiger partial charge in [0.2, 0.25) is 0 Å². The van der Waals surface area contributed by atoms with Gasteiger partial charge in [-0.15, -0.1) is 18.9 Å². The molecule has 1 aromatic carbocycles. The third-order valence-electron chi connectivity index (χ3n) is 3.11. The van der Waals surface area contributed by atoms with Crippen LogP contribution in [0.3, 0.4) is 0 Å². The smallest absolute Gasteiger partial charge is 0.497 e. The van der Waals surface area contributed by atoms with Crippen molar-refractivity contribution in [2.24, 2.45) is 0 Å². The van der Waals surface area contributed by atoms with Crippen LogP contribution in [-0.4, -0.2) is 12.9 Å². The number of rotatable bonds is 4. The van der Waals surface area contributed by atoms with Gasteiger partial charge in [-0.05, 0) is 30.3 Å². The van der Waals surface area contributed by atoms with Crippen molar-refractivity contribution in [3.05, 3.63) is 90.1 Å². The Hall–Kier alpha value is -2.09. The molecule has 0 aliphatic heterocycles. The Bertz CT molecular complexity index is 637. The molecule has 0 radical (unpaired) electrons. The van der Waals surface area contributed by atoms with Crippen molar-refractivity contribution in [2.75, 3.05) is 7.11 Å². The van der Waals surface area contributed by atoms with E-state index in [1.807, 2.05) is 30.4 Å². The van der Waals surface area contributed by atoms with E-state index in [0.29, 0.717) is 5.56 Å². The van der Waals surface area contributed by atoms with Gasteiger partial charge in [-0.1, -0.05) is 0 Å². The van der Waals surface area contributed by atoms with E-state index in [1.165, 1.54) is 0 Å². The summed E-state index contributed by atoms with van der Waals surface area (Å²) in [5.41, 5.74) is 1.69. The second-order valence-corrected chi connectivity index (χ2v) is 4.69. The Kier molecular flexibility index (Phi) is 8.74. The Balaban J connectivity index is 0.000000377. The molecule has 0 atom stereocenters. The monoisotopic (exact) mass is 346 g/mol. The molecule has 0 fully saturated rings. The van der Waals surface area contributed by atoms with Crippen LogP contribution in [0.2, 0.25) is 0 Å². The van der Waals surface area contributed by atoms with E-state index >= 15 is 0 Å². The summed E-state index contributed by atoms with van der Waals surface area (Å²) in [5.74, 6) is 0.746. The number of hydrogen-bond acceptors (Lipinski definition) is 2. The quantitative estimate of drug-likeness (QED) is 0.349. The predicted octanol–water partition coefficient (Wildman–Crippen LogP) is 4.43. The van der Waals surface area contributed by atoms with Gasteiger partial charge in [-0.2, -0.15) is 17.7 Å². The number of carbonyl (C=O) groups excluding carboxylic acids is 1. The van der Waals surface area contributed by atoms with Crippen LogP contribution in [-0.2, 0) is 17.1 Å². The Morgan fingerprint density at radius 1 is 1.17 bits per heavy atom. The van der Waals surface area contributed by atoms with Crippen LogP contribution in [0.4, 0.5) is 0 Å². The molecule has 2 nitrogen and oxygen atoms in total. The summed E-state index contributed by atoms with van der Waals surface area (Å²) in [7, 11) is 1.60. The third-order valence-corrected chi connectivity index (χ3v) is 3.11. The molecule has 118 valence electrons. The van der Waals surface area contributed by atoms with Gasteiger partial charge in [0, 0.05) is 5.56 Å². The zero-order valence-electron chi connectivity index (χ0n) is 12.9. The van der Waals surface area contributed by atoms with Crippen molar-refractivity contribution in [1.29, 1.82) is 0 Å². The first-order valence-electron chi connectivity index (χ1n) is 7.14. The molecule has 0 amide bonds. The average molecular weight is 346 g/mol. The first kappa shape index (κ1) is 19.0. The predicted molar refractivity (Wildman–Crippen MR) is 88.5 cm³/mol. The van der Waals surface area contributed by atoms with E-state index in [-0.39, 0.29) is 22.9 Å². The van der Waals surface area contributed by atoms with Crippen LogP contribution in [0.15, 0.2) is 72.4 Å². The molecule has 3 rings (SSSR count). The summed E-state index contributed by atoms with van der Waals surface area (Å²) in [5, 5.41) is 0. The maximum atomic E-state index is 11.8. The van der Waals surface area contributed by atoms with E-state index in [2.05, 4.69) is 18.2 Å². The number of methoxy groups -OCH3 is 1. The van der Waals surface area contributed by atoms with Gasteiger partial charge in [-0.25, -0.2) is 18.2 Å². The SMILES string of the molecule is COc1ccc(C(=O)/C=C/C2=CC[C-]=C2)cc1.[C-]1=CC=CC1.[Fe+2]. The molecule has 23 heavy (non-hydrogen) atoms. The summed E-state index contributed by atoms with van der Waals surface area (Å²) in [6.45, 7) is 0. The molecule has 0 aromatic heterocycles. The molecular weight excluding hydrogens is 328 g/mol. The van der Waals surface area contributed by atoms with Crippen LogP contribution in [0, 0.1) is 12.2 Å². The minimum Gasteiger partial charge on any atom is -0.497 e. The fourth-order valence-corrected chi connectivity index (χ4v) is 1.89. The molecule has 0 bridgehead atoms. The Morgan fingerprint density at radius 2 is 1.96 bits per heavy atom. The minimum atomic E-state index is -0.00569. The van der Waals surface area contributed by atoms with Gasteiger partial charge in [-0.3, -0.25) is 16.9 Å². The fraction of sp³-hybridized carbons (Fsp3) is 0.150. The number of benzene rings is 1. The molecule has 3 heteroatoms. The average Bonchev–Trinajstić information content (AvgIpc) is 3.28. The topological polar surface area (TPSA) is 26.3 Å². The maximum absolute atomic E-state index is 11.8. The third kappa shape index (κ3) is 6.68. The molecule has 2 aliphatic carbocycles. The summed E-state index contributed by atoms with van der Waals surface area (Å²) < 4.78 is 5.04. The molecule has 0 saturated heterocycles. The van der Waals surface area contributed by atoms with Crippen molar-refractivity contribution in [3.8, 4) is 5.75 Å². The normalized spacial score (nSPS) is 14.2. The fourth-order valence-electron chi connectivity index (χ4n) is 1.89. The molecule has 1 aromatic rings. The first-order chi connectivity index (χ1) is 10.8. The second-order valence-electron chi connectivity index (χ2n) is 4.69. The molecule has 2 aliphatic rings. The first-order valence-corrected chi connectivity index (χ1v) is 7.14. The molecule has 0 heterocycles. The maximum Gasteiger partial charge on any atom is 2.00 e. The van der Waals surface area contributed by atoms with E-state index < -0.39 is 0 Å². The van der Waals surface area contributed by atoms with Crippen molar-refractivity contribution < 1.29 is 26.6 Å². The molecular formula is C20H18FeO2. The van der Waals surface area contributed by atoms with E-state index in [1.54, 1.807) is 37.5 Å². The van der Waals surface area contributed by atoms with Gasteiger partial charge in [0.1, 0.15) is 5.75 Å². The minimum absolute atomic E-state index is 0. The number of hydrogen-bond donors (Lipinski definition) is 0. The summed E-state index contributed by atoms with van der Waals surface area (Å²) >= 11 is 0. The van der Waals surface area contributed by atoms with Crippen LogP contribution in [0.1, 0.15) is 23.2 Å². The van der Waals surface area contributed by atoms with Crippen molar-refractivity contribution in [2.45, 2.75) is 12.8 Å². The Morgan fingerprint density at radius 3 is 2.43 bits per heavy atom. The zero-order valence-corrected chi connectivity index (χ0v) is 14.0. The molecule has 0 N–H and O–H groups in total. The molecule has 0 saturated carbocycles. The largest absolute Gasteiger partial charge is 2.00 e. The molecule has 0 unspecified atom stereocenters. The number of carbonyl (C=O) groups is 1. The standard InChI is InChI=1S/C15H13O2.C5H5.Fe/c1-17-14-9-7-13(8-10-14)15(16)11-6-12-4-2-3-5-12;1-2-4-5-3-1;/h4-11H,2H2,1H3;1-3H,4H2;/q2*-1;+2/b11-6+;;. The number of ketones is 1. The second kappa shape index (κ2) is 10.6. The number of allylic oxidation sites excluding steroid dienone is 10. The summed E-state index contributed by atoms with van der Waals surface area (Å²) in [6, 6.07) is 7.08. The van der Waals surface area contributed by atoms with Crippen molar-refractivity contribution in [1.82, 2.24) is 0 Å². The van der Waals surface area contributed by atoms with E-state index in [9.17, 15) is 4.79 Å². The van der Waals surface area contributed by atoms with Gasteiger partial charge >= 0.3 is 17.1 Å². The van der Waals surface area contributed by atoms with Gasteiger partial charge in [0.25, 0.3) is 0 Å². The van der Waals surface area contributed by atoms with Crippen LogP contribution in [0.25, 0.3) is 0 Å². The summed E-state index contributed by atoms with van der Waals surface area (Å²) in [6.07, 6.45) is 21.2. The van der Waals surface area contributed by atoms with E-state index in [0.717, 1.165) is 24.2 Å². The summed E-state index contributed by atoms with van der Waals surface area (Å²) in [4.78, 5) is 11.8. The van der Waals surface area contributed by atoms with Gasteiger partial charge in [0.15, 0.2) is 5.78 Å². The molecule has 0 spiro atoms. The van der Waals surface area contributed by atoms with Crippen molar-refractivity contribution >= 4 is 5.78 Å².